The number of rotatable bonds is 4. The van der Waals surface area contributed by atoms with E-state index in [1.807, 2.05) is 31.2 Å². The molecule has 0 radical (unpaired) electrons. The molecule has 0 saturated carbocycles. The van der Waals surface area contributed by atoms with Crippen LogP contribution in [0, 0.1) is 12.7 Å². The van der Waals surface area contributed by atoms with Gasteiger partial charge in [-0.05, 0) is 42.7 Å². The molecule has 3 N–H and O–H groups in total. The highest BCUT2D eigenvalue weighted by Crippen LogP contribution is 2.15. The maximum absolute atomic E-state index is 13.5. The molecule has 1 unspecified atom stereocenters. The predicted octanol–water partition coefficient (Wildman–Crippen LogP) is 3.08. The fourth-order valence-electron chi connectivity index (χ4n) is 2.04. The summed E-state index contributed by atoms with van der Waals surface area (Å²) >= 11 is 0. The topological polar surface area (TPSA) is 55.1 Å². The zero-order valence-corrected chi connectivity index (χ0v) is 12.2. The molecule has 0 fully saturated rings. The van der Waals surface area contributed by atoms with Gasteiger partial charge in [0.15, 0.2) is 0 Å². The minimum absolute atomic E-state index is 0.159. The Kier molecular flexibility index (Phi) is 4.70. The van der Waals surface area contributed by atoms with E-state index in [4.69, 9.17) is 5.73 Å². The molecule has 0 bridgehead atoms. The van der Waals surface area contributed by atoms with E-state index in [0.29, 0.717) is 17.7 Å². The van der Waals surface area contributed by atoms with Crippen molar-refractivity contribution in [3.63, 3.8) is 0 Å². The lowest BCUT2D eigenvalue weighted by atomic mass is 10.1. The van der Waals surface area contributed by atoms with E-state index in [-0.39, 0.29) is 17.8 Å². The third kappa shape index (κ3) is 3.67. The molecule has 1 atom stereocenters. The van der Waals surface area contributed by atoms with Gasteiger partial charge in [0.05, 0.1) is 6.04 Å². The number of nitrogens with two attached hydrogens (primary N) is 1. The van der Waals surface area contributed by atoms with Crippen molar-refractivity contribution in [1.29, 1.82) is 0 Å². The van der Waals surface area contributed by atoms with Crippen LogP contribution < -0.4 is 11.1 Å². The number of benzene rings is 2. The van der Waals surface area contributed by atoms with Crippen molar-refractivity contribution in [2.24, 2.45) is 5.73 Å². The van der Waals surface area contributed by atoms with Gasteiger partial charge >= 0.3 is 0 Å². The lowest BCUT2D eigenvalue weighted by Gasteiger charge is -2.15. The van der Waals surface area contributed by atoms with E-state index in [9.17, 15) is 9.18 Å². The molecule has 0 aliphatic rings. The summed E-state index contributed by atoms with van der Waals surface area (Å²) in [5.41, 5.74) is 8.42. The molecular weight excluding hydrogens is 267 g/mol. The fraction of sp³-hybridized carbons (Fsp3) is 0.235. The Balaban J connectivity index is 2.08. The summed E-state index contributed by atoms with van der Waals surface area (Å²) in [5.74, 6) is -0.660. The van der Waals surface area contributed by atoms with Gasteiger partial charge in [-0.3, -0.25) is 4.79 Å². The van der Waals surface area contributed by atoms with Crippen molar-refractivity contribution < 1.29 is 9.18 Å². The van der Waals surface area contributed by atoms with Gasteiger partial charge in [-0.1, -0.05) is 30.3 Å². The van der Waals surface area contributed by atoms with E-state index in [1.54, 1.807) is 19.1 Å². The van der Waals surface area contributed by atoms with E-state index in [1.165, 1.54) is 6.07 Å². The molecular formula is C17H19FN2O. The van der Waals surface area contributed by atoms with Gasteiger partial charge in [-0.15, -0.1) is 0 Å². The summed E-state index contributed by atoms with van der Waals surface area (Å²) in [6, 6.07) is 12.1. The molecule has 2 rings (SSSR count). The van der Waals surface area contributed by atoms with Crippen LogP contribution in [0.2, 0.25) is 0 Å². The number of halogens is 1. The second kappa shape index (κ2) is 6.50. The first-order valence-corrected chi connectivity index (χ1v) is 6.87. The molecule has 110 valence electrons. The molecule has 21 heavy (non-hydrogen) atoms. The van der Waals surface area contributed by atoms with Crippen molar-refractivity contribution >= 4 is 5.91 Å². The normalized spacial score (nSPS) is 12.0. The van der Waals surface area contributed by atoms with Crippen LogP contribution in [0.15, 0.2) is 42.5 Å². The van der Waals surface area contributed by atoms with Crippen LogP contribution in [-0.2, 0) is 6.54 Å². The van der Waals surface area contributed by atoms with E-state index in [2.05, 4.69) is 5.32 Å². The van der Waals surface area contributed by atoms with Crippen LogP contribution in [0.4, 0.5) is 4.39 Å². The summed E-state index contributed by atoms with van der Waals surface area (Å²) in [6.45, 7) is 4.04. The molecule has 1 amide bonds. The van der Waals surface area contributed by atoms with Gasteiger partial charge in [0.1, 0.15) is 5.82 Å². The lowest BCUT2D eigenvalue weighted by molar-refractivity contribution is 0.0939. The fourth-order valence-corrected chi connectivity index (χ4v) is 2.04. The van der Waals surface area contributed by atoms with Crippen molar-refractivity contribution in [3.05, 3.63) is 70.5 Å². The van der Waals surface area contributed by atoms with Gasteiger partial charge in [0.25, 0.3) is 5.91 Å². The third-order valence-electron chi connectivity index (χ3n) is 3.50. The first-order valence-electron chi connectivity index (χ1n) is 6.87. The number of nitrogens with one attached hydrogen (secondary N) is 1. The molecule has 0 spiro atoms. The zero-order chi connectivity index (χ0) is 15.4. The Bertz CT molecular complexity index is 638. The number of carbonyl (C=O) groups is 1. The van der Waals surface area contributed by atoms with Crippen LogP contribution in [0.25, 0.3) is 0 Å². The standard InChI is InChI=1S/C17H19FN2O/c1-11-3-6-15(9-16(11)18)17(21)20-12(2)14-7-4-13(10-19)5-8-14/h3-9,12H,10,19H2,1-2H3,(H,20,21). The van der Waals surface area contributed by atoms with Crippen LogP contribution in [0.1, 0.15) is 40.0 Å². The average molecular weight is 286 g/mol. The van der Waals surface area contributed by atoms with Crippen LogP contribution in [0.5, 0.6) is 0 Å². The monoisotopic (exact) mass is 286 g/mol. The highest BCUT2D eigenvalue weighted by molar-refractivity contribution is 5.94. The second-order valence-corrected chi connectivity index (χ2v) is 5.10. The Hall–Kier alpha value is -2.20. The minimum atomic E-state index is -0.373. The number of carbonyl (C=O) groups excluding carboxylic acids is 1. The summed E-state index contributed by atoms with van der Waals surface area (Å²) in [6.07, 6.45) is 0. The van der Waals surface area contributed by atoms with Crippen molar-refractivity contribution in [2.45, 2.75) is 26.4 Å². The van der Waals surface area contributed by atoms with Crippen molar-refractivity contribution in [3.8, 4) is 0 Å². The Morgan fingerprint density at radius 1 is 1.24 bits per heavy atom. The Morgan fingerprint density at radius 3 is 2.48 bits per heavy atom. The molecule has 3 nitrogen and oxygen atoms in total. The summed E-state index contributed by atoms with van der Waals surface area (Å²) in [5, 5.41) is 2.86. The van der Waals surface area contributed by atoms with Gasteiger partial charge in [-0.2, -0.15) is 0 Å². The van der Waals surface area contributed by atoms with E-state index >= 15 is 0 Å². The molecule has 0 saturated heterocycles. The summed E-state index contributed by atoms with van der Waals surface area (Å²) in [4.78, 5) is 12.1. The molecule has 0 heterocycles. The molecule has 0 aliphatic heterocycles. The highest BCUT2D eigenvalue weighted by Gasteiger charge is 2.12. The second-order valence-electron chi connectivity index (χ2n) is 5.10. The lowest BCUT2D eigenvalue weighted by Crippen LogP contribution is -2.26. The van der Waals surface area contributed by atoms with Crippen LogP contribution in [0.3, 0.4) is 0 Å². The number of amides is 1. The number of hydrogen-bond donors (Lipinski definition) is 2. The quantitative estimate of drug-likeness (QED) is 0.907. The van der Waals surface area contributed by atoms with Gasteiger partial charge < -0.3 is 11.1 Å². The largest absolute Gasteiger partial charge is 0.346 e. The van der Waals surface area contributed by atoms with E-state index < -0.39 is 0 Å². The van der Waals surface area contributed by atoms with Crippen molar-refractivity contribution in [2.75, 3.05) is 0 Å². The molecule has 2 aromatic carbocycles. The molecule has 4 heteroatoms. The predicted molar refractivity (Wildman–Crippen MR) is 81.4 cm³/mol. The third-order valence-corrected chi connectivity index (χ3v) is 3.50. The average Bonchev–Trinajstić information content (AvgIpc) is 2.50. The zero-order valence-electron chi connectivity index (χ0n) is 12.2. The number of hydrogen-bond acceptors (Lipinski definition) is 2. The Labute approximate surface area is 124 Å². The minimum Gasteiger partial charge on any atom is -0.346 e. The molecule has 2 aromatic rings. The van der Waals surface area contributed by atoms with E-state index in [0.717, 1.165) is 11.1 Å². The van der Waals surface area contributed by atoms with Gasteiger partial charge in [0, 0.05) is 12.1 Å². The first kappa shape index (κ1) is 15.2. The van der Waals surface area contributed by atoms with Crippen LogP contribution >= 0.6 is 0 Å². The summed E-state index contributed by atoms with van der Waals surface area (Å²) < 4.78 is 13.5. The molecule has 0 aliphatic carbocycles. The first-order chi connectivity index (χ1) is 10.0. The Morgan fingerprint density at radius 2 is 1.90 bits per heavy atom. The van der Waals surface area contributed by atoms with Crippen LogP contribution in [-0.4, -0.2) is 5.91 Å². The number of aryl methyl sites for hydroxylation is 1. The van der Waals surface area contributed by atoms with Gasteiger partial charge in [-0.25, -0.2) is 4.39 Å². The smallest absolute Gasteiger partial charge is 0.251 e. The SMILES string of the molecule is Cc1ccc(C(=O)NC(C)c2ccc(CN)cc2)cc1F. The maximum atomic E-state index is 13.5. The van der Waals surface area contributed by atoms with Crippen molar-refractivity contribution in [1.82, 2.24) is 5.32 Å². The van der Waals surface area contributed by atoms with Gasteiger partial charge in [0.2, 0.25) is 0 Å². The summed E-state index contributed by atoms with van der Waals surface area (Å²) in [7, 11) is 0. The highest BCUT2D eigenvalue weighted by atomic mass is 19.1. The maximum Gasteiger partial charge on any atom is 0.251 e. The molecule has 0 aromatic heterocycles.